The second kappa shape index (κ2) is 8.00. The smallest absolute Gasteiger partial charge is 0.219 e. The fourth-order valence-electron chi connectivity index (χ4n) is 3.33. The first kappa shape index (κ1) is 18.5. The van der Waals surface area contributed by atoms with E-state index in [1.807, 2.05) is 41.3 Å². The van der Waals surface area contributed by atoms with E-state index >= 15 is 0 Å². The Morgan fingerprint density at radius 2 is 1.71 bits per heavy atom. The maximum absolute atomic E-state index is 11.5. The molecule has 0 saturated carbocycles. The zero-order valence-electron chi connectivity index (χ0n) is 15.5. The SMILES string of the molecule is CC(=O)N1CCN(Nc2n[nH]c(-c3ccc(Cl)cc3)c2-c2ccncc2)CC1. The zero-order valence-corrected chi connectivity index (χ0v) is 16.3. The van der Waals surface area contributed by atoms with Crippen molar-refractivity contribution in [3.63, 3.8) is 0 Å². The minimum absolute atomic E-state index is 0.113. The number of halogens is 1. The number of amides is 1. The number of hydrogen-bond donors (Lipinski definition) is 2. The summed E-state index contributed by atoms with van der Waals surface area (Å²) >= 11 is 6.04. The molecule has 3 aromatic rings. The monoisotopic (exact) mass is 396 g/mol. The summed E-state index contributed by atoms with van der Waals surface area (Å²) in [5.41, 5.74) is 7.31. The lowest BCUT2D eigenvalue weighted by Crippen LogP contribution is -2.50. The number of piperazine rings is 1. The Labute approximate surface area is 168 Å². The first-order chi connectivity index (χ1) is 13.6. The van der Waals surface area contributed by atoms with Crippen LogP contribution in [0.5, 0.6) is 0 Å². The van der Waals surface area contributed by atoms with Crippen LogP contribution in [0.3, 0.4) is 0 Å². The van der Waals surface area contributed by atoms with Crippen LogP contribution in [0.2, 0.25) is 5.02 Å². The molecule has 2 aromatic heterocycles. The number of rotatable bonds is 4. The molecule has 0 spiro atoms. The number of aromatic nitrogens is 3. The predicted molar refractivity (Wildman–Crippen MR) is 110 cm³/mol. The van der Waals surface area contributed by atoms with Gasteiger partial charge in [-0.15, -0.1) is 0 Å². The van der Waals surface area contributed by atoms with Gasteiger partial charge >= 0.3 is 0 Å². The number of aromatic amines is 1. The zero-order chi connectivity index (χ0) is 19.5. The molecular weight excluding hydrogens is 376 g/mol. The third-order valence-electron chi connectivity index (χ3n) is 4.86. The molecule has 0 aliphatic carbocycles. The molecule has 2 N–H and O–H groups in total. The van der Waals surface area contributed by atoms with E-state index in [1.165, 1.54) is 0 Å². The molecule has 1 aliphatic rings. The Morgan fingerprint density at radius 3 is 2.36 bits per heavy atom. The van der Waals surface area contributed by atoms with Crippen molar-refractivity contribution in [1.29, 1.82) is 0 Å². The number of nitrogens with one attached hydrogen (secondary N) is 2. The van der Waals surface area contributed by atoms with Crippen LogP contribution in [0.1, 0.15) is 6.92 Å². The fourth-order valence-corrected chi connectivity index (χ4v) is 3.46. The summed E-state index contributed by atoms with van der Waals surface area (Å²) in [6.07, 6.45) is 3.53. The van der Waals surface area contributed by atoms with Gasteiger partial charge in [-0.3, -0.25) is 14.9 Å². The fraction of sp³-hybridized carbons (Fsp3) is 0.250. The Bertz CT molecular complexity index is 949. The van der Waals surface area contributed by atoms with Crippen LogP contribution in [-0.4, -0.2) is 57.2 Å². The van der Waals surface area contributed by atoms with Crippen molar-refractivity contribution in [3.05, 3.63) is 53.8 Å². The van der Waals surface area contributed by atoms with E-state index in [1.54, 1.807) is 19.3 Å². The average Bonchev–Trinajstić information content (AvgIpc) is 3.13. The van der Waals surface area contributed by atoms with Crippen LogP contribution >= 0.6 is 11.6 Å². The molecular formula is C20H21ClN6O. The molecule has 1 saturated heterocycles. The molecule has 0 bridgehead atoms. The van der Waals surface area contributed by atoms with Crippen LogP contribution in [0, 0.1) is 0 Å². The van der Waals surface area contributed by atoms with Gasteiger partial charge in [-0.1, -0.05) is 23.7 Å². The molecule has 1 aliphatic heterocycles. The van der Waals surface area contributed by atoms with E-state index in [-0.39, 0.29) is 5.91 Å². The second-order valence-corrected chi connectivity index (χ2v) is 7.11. The molecule has 144 valence electrons. The van der Waals surface area contributed by atoms with Crippen molar-refractivity contribution in [2.45, 2.75) is 6.92 Å². The molecule has 3 heterocycles. The van der Waals surface area contributed by atoms with Crippen LogP contribution in [0.25, 0.3) is 22.4 Å². The highest BCUT2D eigenvalue weighted by Gasteiger charge is 2.22. The van der Waals surface area contributed by atoms with E-state index in [9.17, 15) is 4.79 Å². The second-order valence-electron chi connectivity index (χ2n) is 6.67. The Balaban J connectivity index is 1.64. The molecule has 7 nitrogen and oxygen atoms in total. The first-order valence-corrected chi connectivity index (χ1v) is 9.51. The molecule has 1 fully saturated rings. The van der Waals surface area contributed by atoms with Crippen LogP contribution < -0.4 is 5.43 Å². The third kappa shape index (κ3) is 3.85. The highest BCUT2D eigenvalue weighted by molar-refractivity contribution is 6.30. The summed E-state index contributed by atoms with van der Waals surface area (Å²) in [6, 6.07) is 11.6. The summed E-state index contributed by atoms with van der Waals surface area (Å²) in [6.45, 7) is 4.47. The van der Waals surface area contributed by atoms with Gasteiger partial charge in [-0.05, 0) is 29.8 Å². The van der Waals surface area contributed by atoms with E-state index in [0.717, 1.165) is 41.3 Å². The highest BCUT2D eigenvalue weighted by Crippen LogP contribution is 2.36. The standard InChI is InChI=1S/C20H21ClN6O/c1-14(28)26-10-12-27(13-11-26)25-20-18(15-6-8-22-9-7-15)19(23-24-20)16-2-4-17(21)5-3-16/h2-9H,10-13H2,1H3,(H2,23,24,25). The summed E-state index contributed by atoms with van der Waals surface area (Å²) in [5, 5.41) is 10.5. The number of hydrogen-bond acceptors (Lipinski definition) is 5. The average molecular weight is 397 g/mol. The maximum Gasteiger partial charge on any atom is 0.219 e. The van der Waals surface area contributed by atoms with E-state index < -0.39 is 0 Å². The van der Waals surface area contributed by atoms with Gasteiger partial charge in [0.2, 0.25) is 5.91 Å². The number of hydrazine groups is 1. The van der Waals surface area contributed by atoms with Crippen LogP contribution in [-0.2, 0) is 4.79 Å². The van der Waals surface area contributed by atoms with Crippen molar-refractivity contribution in [2.75, 3.05) is 31.6 Å². The number of benzene rings is 1. The van der Waals surface area contributed by atoms with E-state index in [2.05, 4.69) is 25.6 Å². The molecule has 28 heavy (non-hydrogen) atoms. The Morgan fingerprint density at radius 1 is 1.04 bits per heavy atom. The molecule has 4 rings (SSSR count). The van der Waals surface area contributed by atoms with Gasteiger partial charge in [0, 0.05) is 56.1 Å². The van der Waals surface area contributed by atoms with Gasteiger partial charge in [0.05, 0.1) is 11.3 Å². The summed E-state index contributed by atoms with van der Waals surface area (Å²) in [4.78, 5) is 17.5. The quantitative estimate of drug-likeness (QED) is 0.707. The minimum Gasteiger partial charge on any atom is -0.340 e. The summed E-state index contributed by atoms with van der Waals surface area (Å²) in [5.74, 6) is 0.856. The Kier molecular flexibility index (Phi) is 5.27. The van der Waals surface area contributed by atoms with Gasteiger partial charge in [-0.2, -0.15) is 5.10 Å². The third-order valence-corrected chi connectivity index (χ3v) is 5.11. The largest absolute Gasteiger partial charge is 0.340 e. The van der Waals surface area contributed by atoms with Gasteiger partial charge in [-0.25, -0.2) is 5.01 Å². The van der Waals surface area contributed by atoms with Crippen LogP contribution in [0.4, 0.5) is 5.82 Å². The lowest BCUT2D eigenvalue weighted by Gasteiger charge is -2.34. The lowest BCUT2D eigenvalue weighted by atomic mass is 10.0. The van der Waals surface area contributed by atoms with Crippen LogP contribution in [0.15, 0.2) is 48.8 Å². The summed E-state index contributed by atoms with van der Waals surface area (Å²) < 4.78 is 0. The first-order valence-electron chi connectivity index (χ1n) is 9.13. The van der Waals surface area contributed by atoms with E-state index in [0.29, 0.717) is 18.1 Å². The van der Waals surface area contributed by atoms with Crippen molar-refractivity contribution < 1.29 is 4.79 Å². The number of pyridine rings is 1. The highest BCUT2D eigenvalue weighted by atomic mass is 35.5. The van der Waals surface area contributed by atoms with Gasteiger partial charge in [0.1, 0.15) is 0 Å². The number of carbonyl (C=O) groups is 1. The van der Waals surface area contributed by atoms with Gasteiger partial charge in [0.15, 0.2) is 5.82 Å². The van der Waals surface area contributed by atoms with Crippen molar-refractivity contribution in [2.24, 2.45) is 0 Å². The van der Waals surface area contributed by atoms with Crippen molar-refractivity contribution >= 4 is 23.3 Å². The number of H-pyrrole nitrogens is 1. The molecule has 1 amide bonds. The molecule has 0 unspecified atom stereocenters. The summed E-state index contributed by atoms with van der Waals surface area (Å²) in [7, 11) is 0. The van der Waals surface area contributed by atoms with E-state index in [4.69, 9.17) is 11.6 Å². The Hall–Kier alpha value is -2.90. The van der Waals surface area contributed by atoms with Gasteiger partial charge in [0.25, 0.3) is 0 Å². The number of anilines is 1. The van der Waals surface area contributed by atoms with Gasteiger partial charge < -0.3 is 10.3 Å². The van der Waals surface area contributed by atoms with Crippen molar-refractivity contribution in [1.82, 2.24) is 25.1 Å². The molecule has 0 atom stereocenters. The molecule has 8 heteroatoms. The number of nitrogens with zero attached hydrogens (tertiary/aromatic N) is 4. The molecule has 0 radical (unpaired) electrons. The topological polar surface area (TPSA) is 77.2 Å². The lowest BCUT2D eigenvalue weighted by molar-refractivity contribution is -0.130. The molecule has 1 aromatic carbocycles. The minimum atomic E-state index is 0.113. The number of carbonyl (C=O) groups excluding carboxylic acids is 1. The normalized spacial score (nSPS) is 14.9. The van der Waals surface area contributed by atoms with Crippen molar-refractivity contribution in [3.8, 4) is 22.4 Å². The predicted octanol–water partition coefficient (Wildman–Crippen LogP) is 3.28. The maximum atomic E-state index is 11.5.